The quantitative estimate of drug-likeness (QED) is 0.0940. The van der Waals surface area contributed by atoms with Crippen molar-refractivity contribution < 1.29 is 64.2 Å². The van der Waals surface area contributed by atoms with Crippen molar-refractivity contribution >= 4 is 5.97 Å². The maximum absolute atomic E-state index is 12.4. The number of allylic oxidation sites excluding steroid dienone is 1. The fourth-order valence-corrected chi connectivity index (χ4v) is 4.08. The molecule has 7 N–H and O–H groups in total. The molecule has 0 unspecified atom stereocenters. The molecule has 40 heavy (non-hydrogen) atoms. The number of benzene rings is 1. The van der Waals surface area contributed by atoms with E-state index in [1.165, 1.54) is 37.3 Å². The Morgan fingerprint density at radius 1 is 1.20 bits per heavy atom. The van der Waals surface area contributed by atoms with Gasteiger partial charge < -0.3 is 59.4 Å². The number of aliphatic hydroxyl groups excluding tert-OH is 4. The molecule has 1 aromatic rings. The first-order chi connectivity index (χ1) is 18.8. The molecule has 2 aliphatic rings. The van der Waals surface area contributed by atoms with Gasteiger partial charge in [-0.15, -0.1) is 6.58 Å². The third kappa shape index (κ3) is 7.78. The van der Waals surface area contributed by atoms with Gasteiger partial charge in [0.1, 0.15) is 42.5 Å². The smallest absolute Gasteiger partial charge is 0.333 e. The van der Waals surface area contributed by atoms with E-state index in [0.29, 0.717) is 12.8 Å². The van der Waals surface area contributed by atoms with Crippen LogP contribution in [0, 0.1) is 0 Å². The topological polar surface area (TPSA) is 205 Å². The average molecular weight is 571 g/mol. The number of carbonyl (C=O) groups excluding carboxylic acids is 1. The van der Waals surface area contributed by atoms with E-state index >= 15 is 0 Å². The van der Waals surface area contributed by atoms with Crippen molar-refractivity contribution in [2.75, 3.05) is 19.8 Å². The van der Waals surface area contributed by atoms with Crippen LogP contribution >= 0.6 is 0 Å². The number of hydrogen-bond donors (Lipinski definition) is 7. The standard InChI is InChI=1S/C27H38O13/c1-4-26(3,34)11-5-6-15(2)23(33)36-13-27(35)14-37-25(22(27)32)40-21-20(31)19(30)18(12-28)39-24(21)38-17-9-7-16(29)8-10-17/h4,6-10,18-22,24-25,28-32,34-35H,1,5,11-14H2,2-3H3/b15-6+/t18-,19-,20+,21-,22+,24+,25+,26-,27+/m1/s1. The first-order valence-corrected chi connectivity index (χ1v) is 12.8. The molecule has 0 spiro atoms. The van der Waals surface area contributed by atoms with Crippen LogP contribution in [-0.4, -0.2) is 116 Å². The summed E-state index contributed by atoms with van der Waals surface area (Å²) in [6.07, 6.45) is -6.96. The lowest BCUT2D eigenvalue weighted by atomic mass is 9.98. The van der Waals surface area contributed by atoms with Crippen LogP contribution in [0.25, 0.3) is 0 Å². The summed E-state index contributed by atoms with van der Waals surface area (Å²) in [5.41, 5.74) is -2.92. The van der Waals surface area contributed by atoms with E-state index in [-0.39, 0.29) is 17.1 Å². The number of esters is 1. The number of carbonyl (C=O) groups is 1. The van der Waals surface area contributed by atoms with Crippen LogP contribution < -0.4 is 4.74 Å². The second-order valence-electron chi connectivity index (χ2n) is 10.2. The van der Waals surface area contributed by atoms with Crippen molar-refractivity contribution in [3.8, 4) is 11.5 Å². The lowest BCUT2D eigenvalue weighted by Crippen LogP contribution is -2.62. The first-order valence-electron chi connectivity index (χ1n) is 12.8. The number of ether oxygens (including phenoxy) is 5. The zero-order valence-electron chi connectivity index (χ0n) is 22.3. The van der Waals surface area contributed by atoms with Crippen molar-refractivity contribution in [2.45, 2.75) is 81.0 Å². The highest BCUT2D eigenvalue weighted by Gasteiger charge is 2.54. The van der Waals surface area contributed by atoms with E-state index in [2.05, 4.69) is 6.58 Å². The minimum atomic E-state index is -2.06. The summed E-state index contributed by atoms with van der Waals surface area (Å²) in [4.78, 5) is 12.4. The number of phenolic OH excluding ortho intramolecular Hbond substituents is 1. The van der Waals surface area contributed by atoms with Crippen molar-refractivity contribution in [1.29, 1.82) is 0 Å². The minimum absolute atomic E-state index is 0.0256. The number of hydrogen-bond acceptors (Lipinski definition) is 13. The summed E-state index contributed by atoms with van der Waals surface area (Å²) in [6.45, 7) is 4.85. The predicted molar refractivity (Wildman–Crippen MR) is 137 cm³/mol. The Kier molecular flexibility index (Phi) is 10.7. The Labute approximate surface area is 231 Å². The molecule has 1 aromatic carbocycles. The fourth-order valence-electron chi connectivity index (χ4n) is 4.08. The number of phenols is 1. The van der Waals surface area contributed by atoms with Crippen LogP contribution in [0.4, 0.5) is 0 Å². The van der Waals surface area contributed by atoms with Crippen molar-refractivity contribution in [1.82, 2.24) is 0 Å². The summed E-state index contributed by atoms with van der Waals surface area (Å²) < 4.78 is 27.5. The first kappa shape index (κ1) is 31.9. The van der Waals surface area contributed by atoms with Crippen LogP contribution in [0.1, 0.15) is 26.7 Å². The molecular weight excluding hydrogens is 532 g/mol. The molecule has 224 valence electrons. The lowest BCUT2D eigenvalue weighted by Gasteiger charge is -2.42. The van der Waals surface area contributed by atoms with Crippen LogP contribution in [0.5, 0.6) is 11.5 Å². The molecule has 0 radical (unpaired) electrons. The van der Waals surface area contributed by atoms with Crippen molar-refractivity contribution in [2.24, 2.45) is 0 Å². The van der Waals surface area contributed by atoms with E-state index < -0.39 is 80.1 Å². The molecule has 9 atom stereocenters. The van der Waals surface area contributed by atoms with Crippen molar-refractivity contribution in [3.63, 3.8) is 0 Å². The maximum Gasteiger partial charge on any atom is 0.333 e. The summed E-state index contributed by atoms with van der Waals surface area (Å²) in [5.74, 6) is -0.577. The van der Waals surface area contributed by atoms with E-state index in [4.69, 9.17) is 23.7 Å². The van der Waals surface area contributed by atoms with Gasteiger partial charge in [0.05, 0.1) is 18.8 Å². The van der Waals surface area contributed by atoms with Crippen molar-refractivity contribution in [3.05, 3.63) is 48.6 Å². The summed E-state index contributed by atoms with van der Waals surface area (Å²) >= 11 is 0. The van der Waals surface area contributed by atoms with Crippen LogP contribution in [0.15, 0.2) is 48.6 Å². The Balaban J connectivity index is 1.63. The monoisotopic (exact) mass is 570 g/mol. The highest BCUT2D eigenvalue weighted by molar-refractivity contribution is 5.87. The maximum atomic E-state index is 12.4. The molecule has 0 bridgehead atoms. The van der Waals surface area contributed by atoms with Gasteiger partial charge in [0.2, 0.25) is 6.29 Å². The molecule has 2 aliphatic heterocycles. The molecule has 0 aromatic heterocycles. The molecule has 0 aliphatic carbocycles. The Bertz CT molecular complexity index is 1030. The van der Waals surface area contributed by atoms with E-state index in [1.807, 2.05) is 0 Å². The molecule has 2 fully saturated rings. The Hall–Kier alpha value is -2.59. The van der Waals surface area contributed by atoms with E-state index in [1.54, 1.807) is 13.0 Å². The van der Waals surface area contributed by atoms with Gasteiger partial charge in [0, 0.05) is 5.57 Å². The zero-order valence-corrected chi connectivity index (χ0v) is 22.3. The van der Waals surface area contributed by atoms with Gasteiger partial charge in [-0.05, 0) is 51.0 Å². The normalized spacial score (nSPS) is 34.2. The van der Waals surface area contributed by atoms with Gasteiger partial charge in [-0.25, -0.2) is 4.79 Å². The molecule has 2 saturated heterocycles. The minimum Gasteiger partial charge on any atom is -0.508 e. The molecule has 0 saturated carbocycles. The fraction of sp³-hybridized carbons (Fsp3) is 0.593. The van der Waals surface area contributed by atoms with E-state index in [9.17, 15) is 40.5 Å². The SMILES string of the molecule is C=C[C@@](C)(O)CC/C=C(\C)C(=O)OC[C@]1(O)CO[C@@H](O[C@H]2[C@@H](Oc3ccc(O)cc3)O[C@H](CO)[C@@H](O)[C@@H]2O)[C@@H]1O. The van der Waals surface area contributed by atoms with Gasteiger partial charge in [0.25, 0.3) is 0 Å². The predicted octanol–water partition coefficient (Wildman–Crippen LogP) is -0.750. The highest BCUT2D eigenvalue weighted by Crippen LogP contribution is 2.32. The van der Waals surface area contributed by atoms with E-state index in [0.717, 1.165) is 0 Å². The molecule has 3 rings (SSSR count). The summed E-state index contributed by atoms with van der Waals surface area (Å²) in [5, 5.41) is 71.7. The largest absolute Gasteiger partial charge is 0.508 e. The van der Waals surface area contributed by atoms with Gasteiger partial charge in [-0.3, -0.25) is 0 Å². The second-order valence-corrected chi connectivity index (χ2v) is 10.2. The second kappa shape index (κ2) is 13.4. The Morgan fingerprint density at radius 2 is 1.88 bits per heavy atom. The average Bonchev–Trinajstić information content (AvgIpc) is 3.21. The summed E-state index contributed by atoms with van der Waals surface area (Å²) in [6, 6.07) is 5.51. The number of aromatic hydroxyl groups is 1. The zero-order chi connectivity index (χ0) is 29.7. The lowest BCUT2D eigenvalue weighted by molar-refractivity contribution is -0.318. The van der Waals surface area contributed by atoms with Crippen LogP contribution in [0.2, 0.25) is 0 Å². The Morgan fingerprint density at radius 3 is 2.50 bits per heavy atom. The highest BCUT2D eigenvalue weighted by atomic mass is 16.8. The van der Waals surface area contributed by atoms with Crippen LogP contribution in [0.3, 0.4) is 0 Å². The molecule has 13 heteroatoms. The molecule has 13 nitrogen and oxygen atoms in total. The summed E-state index contributed by atoms with van der Waals surface area (Å²) in [7, 11) is 0. The molecular formula is C27H38O13. The van der Waals surface area contributed by atoms with Gasteiger partial charge in [0.15, 0.2) is 18.0 Å². The number of rotatable bonds is 12. The third-order valence-electron chi connectivity index (χ3n) is 6.83. The number of aliphatic hydroxyl groups is 6. The van der Waals surface area contributed by atoms with Gasteiger partial charge in [-0.1, -0.05) is 12.2 Å². The van der Waals surface area contributed by atoms with Gasteiger partial charge >= 0.3 is 5.97 Å². The third-order valence-corrected chi connectivity index (χ3v) is 6.83. The van der Waals surface area contributed by atoms with Crippen LogP contribution in [-0.2, 0) is 23.7 Å². The molecule has 2 heterocycles. The van der Waals surface area contributed by atoms with Gasteiger partial charge in [-0.2, -0.15) is 0 Å². The molecule has 0 amide bonds.